The summed E-state index contributed by atoms with van der Waals surface area (Å²) in [6.07, 6.45) is 8.63. The van der Waals surface area contributed by atoms with Crippen molar-refractivity contribution in [2.75, 3.05) is 0 Å². The third kappa shape index (κ3) is 3.95. The molecule has 2 amide bonds. The zero-order chi connectivity index (χ0) is 13.5. The summed E-state index contributed by atoms with van der Waals surface area (Å²) in [6.45, 7) is 1.94. The van der Waals surface area contributed by atoms with Crippen molar-refractivity contribution >= 4 is 12.0 Å². The first-order valence-electron chi connectivity index (χ1n) is 6.31. The summed E-state index contributed by atoms with van der Waals surface area (Å²) in [6, 6.07) is -0.652. The van der Waals surface area contributed by atoms with Crippen molar-refractivity contribution in [3.8, 4) is 12.3 Å². The highest BCUT2D eigenvalue weighted by Gasteiger charge is 2.33. The molecule has 3 unspecified atom stereocenters. The predicted molar refractivity (Wildman–Crippen MR) is 68.0 cm³/mol. The molecular weight excluding hydrogens is 232 g/mol. The molecule has 0 aromatic carbocycles. The van der Waals surface area contributed by atoms with Gasteiger partial charge in [0, 0.05) is 18.5 Å². The lowest BCUT2D eigenvalue weighted by Gasteiger charge is -2.20. The number of carbonyl (C=O) groups is 2. The summed E-state index contributed by atoms with van der Waals surface area (Å²) in [5.74, 6) is 1.20. The third-order valence-electron chi connectivity index (χ3n) is 3.34. The van der Waals surface area contributed by atoms with Gasteiger partial charge < -0.3 is 15.7 Å². The van der Waals surface area contributed by atoms with Crippen LogP contribution < -0.4 is 10.6 Å². The second-order valence-corrected chi connectivity index (χ2v) is 4.61. The number of carboxylic acids is 1. The molecule has 0 heterocycles. The van der Waals surface area contributed by atoms with Gasteiger partial charge in [0.15, 0.2) is 0 Å². The topological polar surface area (TPSA) is 78.4 Å². The molecule has 0 radical (unpaired) electrons. The molecule has 0 spiro atoms. The number of terminal acetylenes is 1. The smallest absolute Gasteiger partial charge is 0.315 e. The molecule has 3 N–H and O–H groups in total. The van der Waals surface area contributed by atoms with E-state index in [1.807, 2.05) is 6.92 Å². The summed E-state index contributed by atoms with van der Waals surface area (Å²) in [5, 5.41) is 14.5. The predicted octanol–water partition coefficient (Wildman–Crippen LogP) is 1.34. The highest BCUT2D eigenvalue weighted by Crippen LogP contribution is 2.25. The fourth-order valence-electron chi connectivity index (χ4n) is 2.26. The minimum Gasteiger partial charge on any atom is -0.481 e. The second-order valence-electron chi connectivity index (χ2n) is 4.61. The van der Waals surface area contributed by atoms with Crippen LogP contribution in [0.4, 0.5) is 4.79 Å². The number of carbonyl (C=O) groups excluding carboxylic acids is 1. The van der Waals surface area contributed by atoms with E-state index < -0.39 is 11.9 Å². The molecule has 1 rings (SSSR count). The number of rotatable bonds is 5. The van der Waals surface area contributed by atoms with Gasteiger partial charge >= 0.3 is 12.0 Å². The monoisotopic (exact) mass is 252 g/mol. The van der Waals surface area contributed by atoms with Crippen LogP contribution in [0.5, 0.6) is 0 Å². The number of urea groups is 1. The molecular formula is C13H20N2O3. The standard InChI is InChI=1S/C13H20N2O3/c1-3-6-9(4-2)14-13(18)15-11-8-5-7-10(11)12(16)17/h1,9-11H,4-8H2,2H3,(H,16,17)(H2,14,15,18). The van der Waals surface area contributed by atoms with Crippen LogP contribution in [0, 0.1) is 18.3 Å². The van der Waals surface area contributed by atoms with E-state index in [0.717, 1.165) is 19.3 Å². The Kier molecular flexibility index (Phi) is 5.50. The van der Waals surface area contributed by atoms with E-state index in [4.69, 9.17) is 11.5 Å². The molecule has 0 bridgehead atoms. The number of carboxylic acid groups (broad SMARTS) is 1. The van der Waals surface area contributed by atoms with Gasteiger partial charge in [-0.15, -0.1) is 12.3 Å². The fraction of sp³-hybridized carbons (Fsp3) is 0.692. The third-order valence-corrected chi connectivity index (χ3v) is 3.34. The van der Waals surface area contributed by atoms with Gasteiger partial charge in [-0.3, -0.25) is 4.79 Å². The fourth-order valence-corrected chi connectivity index (χ4v) is 2.26. The molecule has 3 atom stereocenters. The average molecular weight is 252 g/mol. The van der Waals surface area contributed by atoms with E-state index in [2.05, 4.69) is 16.6 Å². The maximum Gasteiger partial charge on any atom is 0.315 e. The molecule has 5 heteroatoms. The van der Waals surface area contributed by atoms with Crippen LogP contribution in [0.2, 0.25) is 0 Å². The van der Waals surface area contributed by atoms with Crippen LogP contribution in [0.15, 0.2) is 0 Å². The Labute approximate surface area is 107 Å². The van der Waals surface area contributed by atoms with E-state index in [1.165, 1.54) is 0 Å². The Morgan fingerprint density at radius 3 is 2.78 bits per heavy atom. The Morgan fingerprint density at radius 1 is 1.50 bits per heavy atom. The lowest BCUT2D eigenvalue weighted by molar-refractivity contribution is -0.142. The molecule has 1 saturated carbocycles. The van der Waals surface area contributed by atoms with Gasteiger partial charge in [-0.2, -0.15) is 0 Å². The molecule has 0 saturated heterocycles. The van der Waals surface area contributed by atoms with Gasteiger partial charge in [0.1, 0.15) is 0 Å². The van der Waals surface area contributed by atoms with Gasteiger partial charge in [-0.25, -0.2) is 4.79 Å². The van der Waals surface area contributed by atoms with Crippen LogP contribution >= 0.6 is 0 Å². The van der Waals surface area contributed by atoms with E-state index in [-0.39, 0.29) is 18.1 Å². The zero-order valence-electron chi connectivity index (χ0n) is 10.6. The Bertz CT molecular complexity index is 349. The first kappa shape index (κ1) is 14.4. The first-order chi connectivity index (χ1) is 8.58. The average Bonchev–Trinajstić information content (AvgIpc) is 2.76. The van der Waals surface area contributed by atoms with Gasteiger partial charge in [-0.1, -0.05) is 13.3 Å². The normalized spacial score (nSPS) is 24.0. The number of hydrogen-bond donors (Lipinski definition) is 3. The molecule has 18 heavy (non-hydrogen) atoms. The van der Waals surface area contributed by atoms with Gasteiger partial charge in [-0.05, 0) is 19.3 Å². The molecule has 0 aromatic heterocycles. The minimum absolute atomic E-state index is 0.0559. The highest BCUT2D eigenvalue weighted by atomic mass is 16.4. The Balaban J connectivity index is 2.44. The van der Waals surface area contributed by atoms with E-state index in [0.29, 0.717) is 12.8 Å². The van der Waals surface area contributed by atoms with Gasteiger partial charge in [0.25, 0.3) is 0 Å². The van der Waals surface area contributed by atoms with Crippen LogP contribution in [-0.4, -0.2) is 29.2 Å². The van der Waals surface area contributed by atoms with Gasteiger partial charge in [0.2, 0.25) is 0 Å². The van der Waals surface area contributed by atoms with Crippen LogP contribution in [-0.2, 0) is 4.79 Å². The SMILES string of the molecule is C#CCC(CC)NC(=O)NC1CCCC1C(=O)O. The van der Waals surface area contributed by atoms with Gasteiger partial charge in [0.05, 0.1) is 5.92 Å². The van der Waals surface area contributed by atoms with Crippen molar-refractivity contribution in [2.24, 2.45) is 5.92 Å². The summed E-state index contributed by atoms with van der Waals surface area (Å²) < 4.78 is 0. The number of nitrogens with one attached hydrogen (secondary N) is 2. The first-order valence-corrected chi connectivity index (χ1v) is 6.31. The van der Waals surface area contributed by atoms with Crippen molar-refractivity contribution < 1.29 is 14.7 Å². The number of amides is 2. The Morgan fingerprint density at radius 2 is 2.22 bits per heavy atom. The number of aliphatic carboxylic acids is 1. The van der Waals surface area contributed by atoms with E-state index in [9.17, 15) is 9.59 Å². The van der Waals surface area contributed by atoms with Crippen molar-refractivity contribution in [1.82, 2.24) is 10.6 Å². The van der Waals surface area contributed by atoms with Crippen molar-refractivity contribution in [1.29, 1.82) is 0 Å². The highest BCUT2D eigenvalue weighted by molar-refractivity contribution is 5.77. The zero-order valence-corrected chi connectivity index (χ0v) is 10.6. The molecule has 1 aliphatic rings. The quantitative estimate of drug-likeness (QED) is 0.646. The molecule has 0 aromatic rings. The van der Waals surface area contributed by atoms with Crippen LogP contribution in [0.3, 0.4) is 0 Å². The summed E-state index contributed by atoms with van der Waals surface area (Å²) in [7, 11) is 0. The summed E-state index contributed by atoms with van der Waals surface area (Å²) in [5.41, 5.74) is 0. The van der Waals surface area contributed by atoms with Crippen LogP contribution in [0.1, 0.15) is 39.0 Å². The van der Waals surface area contributed by atoms with Crippen molar-refractivity contribution in [3.05, 3.63) is 0 Å². The minimum atomic E-state index is -0.839. The Hall–Kier alpha value is -1.70. The maximum absolute atomic E-state index is 11.7. The lowest BCUT2D eigenvalue weighted by Crippen LogP contribution is -2.48. The molecule has 1 aliphatic carbocycles. The molecule has 1 fully saturated rings. The van der Waals surface area contributed by atoms with Crippen LogP contribution in [0.25, 0.3) is 0 Å². The molecule has 100 valence electrons. The van der Waals surface area contributed by atoms with E-state index in [1.54, 1.807) is 0 Å². The number of hydrogen-bond acceptors (Lipinski definition) is 2. The molecule has 5 nitrogen and oxygen atoms in total. The summed E-state index contributed by atoms with van der Waals surface area (Å²) in [4.78, 5) is 22.7. The lowest BCUT2D eigenvalue weighted by atomic mass is 10.0. The van der Waals surface area contributed by atoms with Crippen molar-refractivity contribution in [2.45, 2.75) is 51.1 Å². The molecule has 0 aliphatic heterocycles. The maximum atomic E-state index is 11.7. The largest absolute Gasteiger partial charge is 0.481 e. The van der Waals surface area contributed by atoms with E-state index >= 15 is 0 Å². The van der Waals surface area contributed by atoms with Crippen molar-refractivity contribution in [3.63, 3.8) is 0 Å². The summed E-state index contributed by atoms with van der Waals surface area (Å²) >= 11 is 0. The second kappa shape index (κ2) is 6.90.